The fourth-order valence-electron chi connectivity index (χ4n) is 3.07. The molecule has 0 saturated heterocycles. The predicted octanol–water partition coefficient (Wildman–Crippen LogP) is 3.00. The van der Waals surface area contributed by atoms with Gasteiger partial charge in [-0.05, 0) is 29.8 Å². The maximum Gasteiger partial charge on any atom is 0.248 e. The van der Waals surface area contributed by atoms with Crippen molar-refractivity contribution in [2.24, 2.45) is 5.16 Å². The van der Waals surface area contributed by atoms with Crippen LogP contribution in [0, 0.1) is 5.82 Å². The highest BCUT2D eigenvalue weighted by Crippen LogP contribution is 2.20. The van der Waals surface area contributed by atoms with E-state index in [1.165, 1.54) is 19.2 Å². The number of rotatable bonds is 8. The number of hydrogen-bond donors (Lipinski definition) is 0. The van der Waals surface area contributed by atoms with Crippen molar-refractivity contribution in [3.63, 3.8) is 0 Å². The first-order valence-corrected chi connectivity index (χ1v) is 8.97. The van der Waals surface area contributed by atoms with Crippen molar-refractivity contribution in [2.45, 2.75) is 19.1 Å². The van der Waals surface area contributed by atoms with E-state index in [4.69, 9.17) is 14.3 Å². The molecule has 2 aromatic carbocycles. The second-order valence-corrected chi connectivity index (χ2v) is 6.54. The van der Waals surface area contributed by atoms with Gasteiger partial charge < -0.3 is 19.2 Å². The third-order valence-electron chi connectivity index (χ3n) is 4.44. The van der Waals surface area contributed by atoms with Crippen LogP contribution in [-0.2, 0) is 20.9 Å². The van der Waals surface area contributed by atoms with Gasteiger partial charge in [0.25, 0.3) is 0 Å². The molecule has 0 N–H and O–H groups in total. The topological polar surface area (TPSA) is 60.4 Å². The summed E-state index contributed by atoms with van der Waals surface area (Å²) in [4.78, 5) is 19.7. The number of halogens is 1. The van der Waals surface area contributed by atoms with Gasteiger partial charge in [0, 0.05) is 25.6 Å². The summed E-state index contributed by atoms with van der Waals surface area (Å²) in [7, 11) is 3.09. The molecule has 0 aromatic heterocycles. The second kappa shape index (κ2) is 9.32. The molecule has 1 aliphatic heterocycles. The number of hydrogen-bond acceptors (Lipinski definition) is 5. The Balaban J connectivity index is 1.67. The lowest BCUT2D eigenvalue weighted by atomic mass is 10.0. The van der Waals surface area contributed by atoms with Crippen molar-refractivity contribution in [1.82, 2.24) is 4.90 Å². The molecule has 0 spiro atoms. The Bertz CT molecular complexity index is 856. The first kappa shape index (κ1) is 19.8. The Morgan fingerprint density at radius 3 is 2.82 bits per heavy atom. The number of methoxy groups -OCH3 is 2. The van der Waals surface area contributed by atoms with Gasteiger partial charge in [0.05, 0.1) is 19.4 Å². The third-order valence-corrected chi connectivity index (χ3v) is 4.44. The molecule has 0 bridgehead atoms. The summed E-state index contributed by atoms with van der Waals surface area (Å²) in [6.45, 7) is 0.727. The zero-order chi connectivity index (χ0) is 19.9. The van der Waals surface area contributed by atoms with Crippen LogP contribution in [0.2, 0.25) is 0 Å². The van der Waals surface area contributed by atoms with E-state index in [9.17, 15) is 9.18 Å². The Morgan fingerprint density at radius 2 is 2.07 bits per heavy atom. The number of carbonyl (C=O) groups is 1. The highest BCUT2D eigenvalue weighted by Gasteiger charge is 2.27. The van der Waals surface area contributed by atoms with Crippen LogP contribution in [0.4, 0.5) is 4.39 Å². The van der Waals surface area contributed by atoms with E-state index in [1.807, 2.05) is 24.3 Å². The highest BCUT2D eigenvalue weighted by atomic mass is 19.1. The average molecular weight is 386 g/mol. The van der Waals surface area contributed by atoms with Crippen LogP contribution in [0.5, 0.6) is 5.75 Å². The normalized spacial score (nSPS) is 15.7. The zero-order valence-electron chi connectivity index (χ0n) is 15.9. The smallest absolute Gasteiger partial charge is 0.248 e. The summed E-state index contributed by atoms with van der Waals surface area (Å²) in [6.07, 6.45) is 0.197. The molecule has 6 nitrogen and oxygen atoms in total. The van der Waals surface area contributed by atoms with Crippen molar-refractivity contribution in [1.29, 1.82) is 0 Å². The Kier molecular flexibility index (Phi) is 6.60. The van der Waals surface area contributed by atoms with Gasteiger partial charge >= 0.3 is 0 Å². The van der Waals surface area contributed by atoms with Gasteiger partial charge in [-0.1, -0.05) is 29.4 Å². The molecular formula is C21H23FN2O4. The van der Waals surface area contributed by atoms with Crippen molar-refractivity contribution in [3.05, 3.63) is 65.5 Å². The molecular weight excluding hydrogens is 363 g/mol. The molecule has 0 fully saturated rings. The second-order valence-electron chi connectivity index (χ2n) is 6.54. The molecule has 1 aliphatic rings. The van der Waals surface area contributed by atoms with Crippen LogP contribution in [0.25, 0.3) is 0 Å². The molecule has 1 heterocycles. The Labute approximate surface area is 163 Å². The lowest BCUT2D eigenvalue weighted by Crippen LogP contribution is -2.39. The fourth-order valence-corrected chi connectivity index (χ4v) is 3.07. The SMILES string of the molecule is COCC(=O)N(Cc1cccc(OC)c1)CC1CC(c2cccc(F)c2)=NO1. The largest absolute Gasteiger partial charge is 0.497 e. The quantitative estimate of drug-likeness (QED) is 0.700. The summed E-state index contributed by atoms with van der Waals surface area (Å²) in [5.74, 6) is 0.261. The van der Waals surface area contributed by atoms with Crippen molar-refractivity contribution in [2.75, 3.05) is 27.4 Å². The molecule has 0 radical (unpaired) electrons. The van der Waals surface area contributed by atoms with E-state index >= 15 is 0 Å². The van der Waals surface area contributed by atoms with Crippen molar-refractivity contribution < 1.29 is 23.5 Å². The minimum absolute atomic E-state index is 0.0195. The highest BCUT2D eigenvalue weighted by molar-refractivity contribution is 6.01. The minimum atomic E-state index is -0.321. The number of carbonyl (C=O) groups excluding carboxylic acids is 1. The van der Waals surface area contributed by atoms with Crippen molar-refractivity contribution in [3.8, 4) is 5.75 Å². The van der Waals surface area contributed by atoms with Gasteiger partial charge in [-0.15, -0.1) is 0 Å². The molecule has 1 atom stereocenters. The maximum absolute atomic E-state index is 13.4. The van der Waals surface area contributed by atoms with Crippen molar-refractivity contribution >= 4 is 11.6 Å². The number of amides is 1. The third kappa shape index (κ3) is 5.07. The summed E-state index contributed by atoms with van der Waals surface area (Å²) in [5, 5.41) is 4.08. The Hall–Kier alpha value is -2.93. The van der Waals surface area contributed by atoms with Crippen LogP contribution in [0.3, 0.4) is 0 Å². The van der Waals surface area contributed by atoms with Gasteiger partial charge in [-0.3, -0.25) is 4.79 Å². The average Bonchev–Trinajstić information content (AvgIpc) is 3.16. The minimum Gasteiger partial charge on any atom is -0.497 e. The molecule has 3 rings (SSSR count). The number of oxime groups is 1. The summed E-state index contributed by atoms with van der Waals surface area (Å²) >= 11 is 0. The van der Waals surface area contributed by atoms with E-state index in [1.54, 1.807) is 24.1 Å². The van der Waals surface area contributed by atoms with Crippen LogP contribution < -0.4 is 4.74 Å². The maximum atomic E-state index is 13.4. The Morgan fingerprint density at radius 1 is 1.25 bits per heavy atom. The fraction of sp³-hybridized carbons (Fsp3) is 0.333. The molecule has 1 amide bonds. The van der Waals surface area contributed by atoms with Gasteiger partial charge in [0.2, 0.25) is 5.91 Å². The number of benzene rings is 2. The van der Waals surface area contributed by atoms with E-state index in [2.05, 4.69) is 5.16 Å². The molecule has 7 heteroatoms. The molecule has 0 saturated carbocycles. The summed E-state index contributed by atoms with van der Waals surface area (Å²) in [6, 6.07) is 13.8. The summed E-state index contributed by atoms with van der Waals surface area (Å²) in [5.41, 5.74) is 2.29. The van der Waals surface area contributed by atoms with E-state index < -0.39 is 0 Å². The first-order valence-electron chi connectivity index (χ1n) is 8.97. The van der Waals surface area contributed by atoms with E-state index in [0.29, 0.717) is 30.8 Å². The first-order chi connectivity index (χ1) is 13.6. The molecule has 2 aromatic rings. The van der Waals surface area contributed by atoms with Crippen LogP contribution >= 0.6 is 0 Å². The summed E-state index contributed by atoms with van der Waals surface area (Å²) < 4.78 is 23.7. The molecule has 0 aliphatic carbocycles. The van der Waals surface area contributed by atoms with Crippen LogP contribution in [0.15, 0.2) is 53.7 Å². The van der Waals surface area contributed by atoms with Gasteiger partial charge in [0.15, 0.2) is 6.10 Å². The lowest BCUT2D eigenvalue weighted by molar-refractivity contribution is -0.137. The molecule has 1 unspecified atom stereocenters. The molecule has 148 valence electrons. The van der Waals surface area contributed by atoms with Crippen LogP contribution in [-0.4, -0.2) is 50.0 Å². The number of nitrogens with zero attached hydrogens (tertiary/aromatic N) is 2. The van der Waals surface area contributed by atoms with E-state index in [-0.39, 0.29) is 24.4 Å². The monoisotopic (exact) mass is 386 g/mol. The predicted molar refractivity (Wildman–Crippen MR) is 103 cm³/mol. The van der Waals surface area contributed by atoms with E-state index in [0.717, 1.165) is 11.3 Å². The lowest BCUT2D eigenvalue weighted by Gasteiger charge is -2.25. The molecule has 28 heavy (non-hydrogen) atoms. The standard InChI is InChI=1S/C21H23FN2O4/c1-26-14-21(25)24(12-15-5-3-8-18(9-15)27-2)13-19-11-20(23-28-19)16-6-4-7-17(22)10-16/h3-10,19H,11-14H2,1-2H3. The number of ether oxygens (including phenoxy) is 2. The van der Waals surface area contributed by atoms with Gasteiger partial charge in [-0.2, -0.15) is 0 Å². The van der Waals surface area contributed by atoms with Gasteiger partial charge in [0.1, 0.15) is 18.2 Å². The van der Waals surface area contributed by atoms with Crippen LogP contribution in [0.1, 0.15) is 17.5 Å². The zero-order valence-corrected chi connectivity index (χ0v) is 15.9. The van der Waals surface area contributed by atoms with Gasteiger partial charge in [-0.25, -0.2) is 4.39 Å².